The maximum atomic E-state index is 12.3. The van der Waals surface area contributed by atoms with Gasteiger partial charge in [0, 0.05) is 49.2 Å². The Labute approximate surface area is 223 Å². The summed E-state index contributed by atoms with van der Waals surface area (Å²) >= 11 is 5.92. The van der Waals surface area contributed by atoms with Gasteiger partial charge in [0.2, 0.25) is 0 Å². The largest absolute Gasteiger partial charge is 0.444 e. The standard InChI is InChI=1S/C29H35N5O2S/c1-6-34-23-12-8-7-10-19(23)17-25(34)26-31-22-16-20(13-14-24(22)32(26)5)27(37)33-15-9-11-21(18-33)30-28(35)36-29(2,3)4/h7-8,10,12-14,16-17,21H,6,9,11,15,18H2,1-5H3,(H,30,35). The summed E-state index contributed by atoms with van der Waals surface area (Å²) in [6.45, 7) is 10.2. The number of nitrogens with zero attached hydrogens (tertiary/aromatic N) is 4. The third kappa shape index (κ3) is 5.07. The van der Waals surface area contributed by atoms with E-state index in [1.54, 1.807) is 0 Å². The van der Waals surface area contributed by atoms with Crippen molar-refractivity contribution >= 4 is 45.2 Å². The van der Waals surface area contributed by atoms with E-state index in [1.807, 2.05) is 20.8 Å². The summed E-state index contributed by atoms with van der Waals surface area (Å²) in [5, 5.41) is 4.23. The quantitative estimate of drug-likeness (QED) is 0.343. The second-order valence-corrected chi connectivity index (χ2v) is 11.2. The van der Waals surface area contributed by atoms with E-state index >= 15 is 0 Å². The number of alkyl carbamates (subject to hydrolysis) is 1. The molecule has 0 spiro atoms. The molecule has 2 aromatic carbocycles. The Balaban J connectivity index is 1.39. The number of fused-ring (bicyclic) bond motifs is 2. The van der Waals surface area contributed by atoms with Gasteiger partial charge in [0.15, 0.2) is 5.82 Å². The Hall–Kier alpha value is -3.39. The number of nitrogens with one attached hydrogen (secondary N) is 1. The van der Waals surface area contributed by atoms with Crippen LogP contribution in [0.25, 0.3) is 33.5 Å². The third-order valence-corrected chi connectivity index (χ3v) is 7.41. The summed E-state index contributed by atoms with van der Waals surface area (Å²) < 4.78 is 9.91. The molecule has 0 saturated carbocycles. The van der Waals surface area contributed by atoms with Crippen molar-refractivity contribution in [1.29, 1.82) is 0 Å². The van der Waals surface area contributed by atoms with E-state index in [2.05, 4.69) is 81.9 Å². The molecular formula is C29H35N5O2S. The molecule has 0 aliphatic carbocycles. The van der Waals surface area contributed by atoms with Crippen LogP contribution in [0.2, 0.25) is 0 Å². The molecule has 2 aromatic heterocycles. The number of amides is 1. The SMILES string of the molecule is CCn1c(-c2nc3cc(C(=S)N4CCCC(NC(=O)OC(C)(C)C)C4)ccc3n2C)cc2ccccc21. The number of aromatic nitrogens is 3. The van der Waals surface area contributed by atoms with Gasteiger partial charge in [0.1, 0.15) is 10.6 Å². The molecule has 1 fully saturated rings. The normalized spacial score (nSPS) is 16.4. The van der Waals surface area contributed by atoms with Crippen molar-refractivity contribution < 1.29 is 9.53 Å². The molecule has 8 heteroatoms. The smallest absolute Gasteiger partial charge is 0.407 e. The number of rotatable bonds is 4. The van der Waals surface area contributed by atoms with Crippen LogP contribution in [0.1, 0.15) is 46.1 Å². The molecule has 1 amide bonds. The number of aryl methyl sites for hydroxylation is 2. The maximum Gasteiger partial charge on any atom is 0.407 e. The molecule has 3 heterocycles. The fourth-order valence-corrected chi connectivity index (χ4v) is 5.53. The van der Waals surface area contributed by atoms with E-state index in [-0.39, 0.29) is 12.1 Å². The molecule has 1 atom stereocenters. The van der Waals surface area contributed by atoms with Crippen molar-refractivity contribution in [2.24, 2.45) is 7.05 Å². The van der Waals surface area contributed by atoms with Gasteiger partial charge < -0.3 is 24.1 Å². The second-order valence-electron chi connectivity index (χ2n) is 10.8. The molecule has 1 N–H and O–H groups in total. The van der Waals surface area contributed by atoms with Gasteiger partial charge in [0.05, 0.1) is 16.7 Å². The fraction of sp³-hybridized carbons (Fsp3) is 0.414. The number of thiocarbonyl (C=S) groups is 1. The topological polar surface area (TPSA) is 64.3 Å². The van der Waals surface area contributed by atoms with Crippen LogP contribution in [0.3, 0.4) is 0 Å². The van der Waals surface area contributed by atoms with Crippen LogP contribution in [0.5, 0.6) is 0 Å². The minimum absolute atomic E-state index is 0.00250. The summed E-state index contributed by atoms with van der Waals surface area (Å²) in [4.78, 5) is 20.3. The van der Waals surface area contributed by atoms with E-state index < -0.39 is 5.60 Å². The van der Waals surface area contributed by atoms with Gasteiger partial charge in [0.25, 0.3) is 0 Å². The molecule has 0 radical (unpaired) electrons. The molecule has 1 saturated heterocycles. The number of hydrogen-bond acceptors (Lipinski definition) is 4. The highest BCUT2D eigenvalue weighted by Gasteiger charge is 2.26. The predicted octanol–water partition coefficient (Wildman–Crippen LogP) is 5.88. The lowest BCUT2D eigenvalue weighted by Crippen LogP contribution is -2.50. The number of ether oxygens (including phenoxy) is 1. The molecule has 0 bridgehead atoms. The first-order valence-electron chi connectivity index (χ1n) is 13.0. The number of para-hydroxylation sites is 1. The van der Waals surface area contributed by atoms with Crippen LogP contribution < -0.4 is 5.32 Å². The summed E-state index contributed by atoms with van der Waals surface area (Å²) in [6.07, 6.45) is 1.49. The van der Waals surface area contributed by atoms with Gasteiger partial charge in [-0.25, -0.2) is 9.78 Å². The third-order valence-electron chi connectivity index (χ3n) is 6.91. The first kappa shape index (κ1) is 25.3. The summed E-state index contributed by atoms with van der Waals surface area (Å²) in [5.74, 6) is 0.940. The zero-order chi connectivity index (χ0) is 26.3. The van der Waals surface area contributed by atoms with Crippen molar-refractivity contribution in [3.8, 4) is 11.5 Å². The van der Waals surface area contributed by atoms with Gasteiger partial charge in [-0.3, -0.25) is 0 Å². The Morgan fingerprint density at radius 2 is 1.95 bits per heavy atom. The van der Waals surface area contributed by atoms with Crippen molar-refractivity contribution in [3.63, 3.8) is 0 Å². The first-order valence-corrected chi connectivity index (χ1v) is 13.4. The maximum absolute atomic E-state index is 12.3. The Morgan fingerprint density at radius 1 is 1.16 bits per heavy atom. The van der Waals surface area contributed by atoms with Crippen LogP contribution in [-0.4, -0.2) is 54.8 Å². The van der Waals surface area contributed by atoms with Gasteiger partial charge in [-0.1, -0.05) is 30.4 Å². The highest BCUT2D eigenvalue weighted by molar-refractivity contribution is 7.80. The molecule has 1 aliphatic heterocycles. The monoisotopic (exact) mass is 517 g/mol. The van der Waals surface area contributed by atoms with Gasteiger partial charge >= 0.3 is 6.09 Å². The van der Waals surface area contributed by atoms with Crippen molar-refractivity contribution in [2.45, 2.75) is 58.7 Å². The molecule has 4 aromatic rings. The zero-order valence-corrected chi connectivity index (χ0v) is 23.1. The highest BCUT2D eigenvalue weighted by Crippen LogP contribution is 2.30. The predicted molar refractivity (Wildman–Crippen MR) is 153 cm³/mol. The lowest BCUT2D eigenvalue weighted by molar-refractivity contribution is 0.0486. The van der Waals surface area contributed by atoms with Gasteiger partial charge in [-0.05, 0) is 70.9 Å². The minimum atomic E-state index is -0.518. The molecule has 1 aliphatic rings. The van der Waals surface area contributed by atoms with Crippen LogP contribution in [0.4, 0.5) is 4.79 Å². The number of piperidine rings is 1. The summed E-state index contributed by atoms with van der Waals surface area (Å²) in [7, 11) is 2.07. The fourth-order valence-electron chi connectivity index (χ4n) is 5.23. The van der Waals surface area contributed by atoms with E-state index in [0.717, 1.165) is 59.0 Å². The van der Waals surface area contributed by atoms with E-state index in [0.29, 0.717) is 6.54 Å². The number of imidazole rings is 1. The highest BCUT2D eigenvalue weighted by atomic mass is 32.1. The Bertz CT molecular complexity index is 1480. The van der Waals surface area contributed by atoms with Crippen molar-refractivity contribution in [1.82, 2.24) is 24.3 Å². The van der Waals surface area contributed by atoms with Crippen LogP contribution in [0, 0.1) is 0 Å². The number of carbonyl (C=O) groups excluding carboxylic acids is 1. The van der Waals surface area contributed by atoms with Crippen LogP contribution in [-0.2, 0) is 18.3 Å². The van der Waals surface area contributed by atoms with Crippen LogP contribution in [0.15, 0.2) is 48.5 Å². The molecule has 37 heavy (non-hydrogen) atoms. The summed E-state index contributed by atoms with van der Waals surface area (Å²) in [6, 6.07) is 16.9. The number of likely N-dealkylation sites (tertiary alicyclic amines) is 1. The number of hydrogen-bond donors (Lipinski definition) is 1. The van der Waals surface area contributed by atoms with Crippen LogP contribution >= 0.6 is 12.2 Å². The number of benzene rings is 2. The lowest BCUT2D eigenvalue weighted by Gasteiger charge is -2.35. The molecule has 194 valence electrons. The van der Waals surface area contributed by atoms with Crippen molar-refractivity contribution in [2.75, 3.05) is 13.1 Å². The summed E-state index contributed by atoms with van der Waals surface area (Å²) in [5.41, 5.74) is 4.77. The minimum Gasteiger partial charge on any atom is -0.444 e. The first-order chi connectivity index (χ1) is 17.6. The molecule has 7 nitrogen and oxygen atoms in total. The van der Waals surface area contributed by atoms with Gasteiger partial charge in [-0.2, -0.15) is 0 Å². The van der Waals surface area contributed by atoms with E-state index in [9.17, 15) is 4.79 Å². The zero-order valence-electron chi connectivity index (χ0n) is 22.2. The second kappa shape index (κ2) is 9.82. The van der Waals surface area contributed by atoms with Gasteiger partial charge in [-0.15, -0.1) is 0 Å². The lowest BCUT2D eigenvalue weighted by atomic mass is 10.0. The molecular weight excluding hydrogens is 482 g/mol. The molecule has 5 rings (SSSR count). The van der Waals surface area contributed by atoms with E-state index in [4.69, 9.17) is 21.9 Å². The van der Waals surface area contributed by atoms with Crippen molar-refractivity contribution in [3.05, 3.63) is 54.1 Å². The molecule has 1 unspecified atom stereocenters. The number of carbonyl (C=O) groups is 1. The Morgan fingerprint density at radius 3 is 2.70 bits per heavy atom. The Kier molecular flexibility index (Phi) is 6.70. The average Bonchev–Trinajstić information content (AvgIpc) is 3.39. The average molecular weight is 518 g/mol. The van der Waals surface area contributed by atoms with E-state index in [1.165, 1.54) is 10.9 Å².